The summed E-state index contributed by atoms with van der Waals surface area (Å²) in [5.74, 6) is 0.705. The third-order valence-corrected chi connectivity index (χ3v) is 5.36. The summed E-state index contributed by atoms with van der Waals surface area (Å²) < 4.78 is 0. The van der Waals surface area contributed by atoms with Gasteiger partial charge in [0.05, 0.1) is 5.75 Å². The van der Waals surface area contributed by atoms with Crippen LogP contribution < -0.4 is 5.32 Å². The maximum Gasteiger partial charge on any atom is 0.233 e. The predicted molar refractivity (Wildman–Crippen MR) is 84.4 cm³/mol. The summed E-state index contributed by atoms with van der Waals surface area (Å²) >= 11 is 13.8. The van der Waals surface area contributed by atoms with Crippen LogP contribution in [0.1, 0.15) is 23.8 Å². The molecule has 1 atom stereocenters. The second-order valence-electron chi connectivity index (χ2n) is 5.14. The molecule has 3 rings (SSSR count). The van der Waals surface area contributed by atoms with Gasteiger partial charge in [-0.25, -0.2) is 0 Å². The molecule has 1 saturated carbocycles. The van der Waals surface area contributed by atoms with Crippen LogP contribution in [0, 0.1) is 0 Å². The molecule has 2 aliphatic rings. The fourth-order valence-corrected chi connectivity index (χ4v) is 4.16. The Morgan fingerprint density at radius 2 is 2.15 bits per heavy atom. The Morgan fingerprint density at radius 3 is 2.85 bits per heavy atom. The molecule has 6 heteroatoms. The van der Waals surface area contributed by atoms with Gasteiger partial charge in [0.15, 0.2) is 0 Å². The predicted octanol–water partition coefficient (Wildman–Crippen LogP) is 3.32. The van der Waals surface area contributed by atoms with E-state index in [1.54, 1.807) is 17.8 Å². The average molecular weight is 331 g/mol. The largest absolute Gasteiger partial charge is 0.325 e. The molecule has 0 radical (unpaired) electrons. The fraction of sp³-hybridized carbons (Fsp3) is 0.500. The highest BCUT2D eigenvalue weighted by Crippen LogP contribution is 2.41. The number of nitrogens with one attached hydrogen (secondary N) is 1. The highest BCUT2D eigenvalue weighted by Gasteiger charge is 2.34. The van der Waals surface area contributed by atoms with E-state index in [1.807, 2.05) is 17.0 Å². The van der Waals surface area contributed by atoms with Gasteiger partial charge < -0.3 is 10.2 Å². The van der Waals surface area contributed by atoms with Gasteiger partial charge in [-0.15, -0.1) is 11.8 Å². The van der Waals surface area contributed by atoms with Crippen molar-refractivity contribution in [3.05, 3.63) is 33.8 Å². The number of hydrogen-bond acceptors (Lipinski definition) is 3. The van der Waals surface area contributed by atoms with Crippen molar-refractivity contribution < 1.29 is 4.79 Å². The van der Waals surface area contributed by atoms with E-state index < -0.39 is 0 Å². The highest BCUT2D eigenvalue weighted by atomic mass is 35.5. The van der Waals surface area contributed by atoms with Crippen LogP contribution in [0.25, 0.3) is 0 Å². The normalized spacial score (nSPS) is 22.6. The van der Waals surface area contributed by atoms with E-state index in [1.165, 1.54) is 12.8 Å². The van der Waals surface area contributed by atoms with E-state index in [-0.39, 0.29) is 11.3 Å². The molecule has 0 spiro atoms. The number of halogens is 2. The first kappa shape index (κ1) is 14.5. The molecule has 1 unspecified atom stereocenters. The van der Waals surface area contributed by atoms with E-state index >= 15 is 0 Å². The monoisotopic (exact) mass is 330 g/mol. The molecular weight excluding hydrogens is 315 g/mol. The van der Waals surface area contributed by atoms with E-state index in [4.69, 9.17) is 23.2 Å². The molecular formula is C14H16Cl2N2OS. The van der Waals surface area contributed by atoms with Gasteiger partial charge in [-0.05, 0) is 25.0 Å². The van der Waals surface area contributed by atoms with Crippen molar-refractivity contribution in [1.29, 1.82) is 0 Å². The standard InChI is InChI=1S/C14H16Cl2N2OS/c15-9-1-4-11(12(16)7-9)14-18(13(19)8-20-14)6-5-17-10-2-3-10/h1,4,7,10,14,17H,2-3,5-6,8H2. The first-order chi connectivity index (χ1) is 9.65. The number of carbonyl (C=O) groups is 1. The Kier molecular flexibility index (Phi) is 4.46. The third-order valence-electron chi connectivity index (χ3n) is 3.56. The summed E-state index contributed by atoms with van der Waals surface area (Å²) in [7, 11) is 0. The molecule has 3 nitrogen and oxygen atoms in total. The van der Waals surface area contributed by atoms with Gasteiger partial charge in [0.25, 0.3) is 0 Å². The molecule has 1 amide bonds. The highest BCUT2D eigenvalue weighted by molar-refractivity contribution is 8.00. The van der Waals surface area contributed by atoms with Crippen LogP contribution in [-0.2, 0) is 4.79 Å². The zero-order chi connectivity index (χ0) is 14.1. The smallest absolute Gasteiger partial charge is 0.233 e. The number of carbonyl (C=O) groups excluding carboxylic acids is 1. The SMILES string of the molecule is O=C1CSC(c2ccc(Cl)cc2Cl)N1CCNC1CC1. The Morgan fingerprint density at radius 1 is 1.35 bits per heavy atom. The molecule has 0 bridgehead atoms. The molecule has 1 aromatic rings. The molecule has 1 aliphatic carbocycles. The minimum atomic E-state index is 0.00766. The summed E-state index contributed by atoms with van der Waals surface area (Å²) in [4.78, 5) is 13.9. The number of hydrogen-bond donors (Lipinski definition) is 1. The number of nitrogens with zero attached hydrogens (tertiary/aromatic N) is 1. The number of thioether (sulfide) groups is 1. The lowest BCUT2D eigenvalue weighted by Crippen LogP contribution is -2.35. The van der Waals surface area contributed by atoms with Crippen molar-refractivity contribution in [2.45, 2.75) is 24.3 Å². The van der Waals surface area contributed by atoms with E-state index in [9.17, 15) is 4.79 Å². The summed E-state index contributed by atoms with van der Waals surface area (Å²) in [5, 5.41) is 4.70. The quantitative estimate of drug-likeness (QED) is 0.898. The zero-order valence-corrected chi connectivity index (χ0v) is 13.3. The van der Waals surface area contributed by atoms with Crippen LogP contribution in [0.3, 0.4) is 0 Å². The van der Waals surface area contributed by atoms with Crippen LogP contribution >= 0.6 is 35.0 Å². The number of rotatable bonds is 5. The second-order valence-corrected chi connectivity index (χ2v) is 7.06. The van der Waals surface area contributed by atoms with Crippen LogP contribution in [0.2, 0.25) is 10.0 Å². The van der Waals surface area contributed by atoms with E-state index in [0.717, 1.165) is 18.7 Å². The van der Waals surface area contributed by atoms with Gasteiger partial charge in [-0.1, -0.05) is 29.3 Å². The van der Waals surface area contributed by atoms with Crippen LogP contribution in [0.15, 0.2) is 18.2 Å². The van der Waals surface area contributed by atoms with Crippen molar-refractivity contribution in [3.63, 3.8) is 0 Å². The van der Waals surface area contributed by atoms with Crippen molar-refractivity contribution >= 4 is 40.9 Å². The van der Waals surface area contributed by atoms with Gasteiger partial charge in [-0.2, -0.15) is 0 Å². The Balaban J connectivity index is 1.70. The lowest BCUT2D eigenvalue weighted by molar-refractivity contribution is -0.128. The van der Waals surface area contributed by atoms with Gasteiger partial charge in [-0.3, -0.25) is 4.79 Å². The number of benzene rings is 1. The van der Waals surface area contributed by atoms with Gasteiger partial charge in [0, 0.05) is 34.7 Å². The van der Waals surface area contributed by atoms with Crippen molar-refractivity contribution in [2.24, 2.45) is 0 Å². The third kappa shape index (κ3) is 3.25. The molecule has 20 heavy (non-hydrogen) atoms. The van der Waals surface area contributed by atoms with Crippen molar-refractivity contribution in [3.8, 4) is 0 Å². The number of amides is 1. The Hall–Kier alpha value is -0.420. The first-order valence-corrected chi connectivity index (χ1v) is 8.55. The molecule has 1 aromatic carbocycles. The first-order valence-electron chi connectivity index (χ1n) is 6.74. The van der Waals surface area contributed by atoms with Gasteiger partial charge in [0.1, 0.15) is 5.37 Å². The maximum absolute atomic E-state index is 12.0. The van der Waals surface area contributed by atoms with Crippen LogP contribution in [0.5, 0.6) is 0 Å². The van der Waals surface area contributed by atoms with Crippen molar-refractivity contribution in [1.82, 2.24) is 10.2 Å². The molecule has 2 fully saturated rings. The summed E-state index contributed by atoms with van der Waals surface area (Å²) in [5.41, 5.74) is 0.971. The van der Waals surface area contributed by atoms with Crippen LogP contribution in [-0.4, -0.2) is 35.7 Å². The molecule has 1 heterocycles. The fourth-order valence-electron chi connectivity index (χ4n) is 2.33. The minimum absolute atomic E-state index is 0.00766. The topological polar surface area (TPSA) is 32.3 Å². The van der Waals surface area contributed by atoms with Gasteiger partial charge >= 0.3 is 0 Å². The minimum Gasteiger partial charge on any atom is -0.325 e. The molecule has 1 N–H and O–H groups in total. The molecule has 108 valence electrons. The van der Waals surface area contributed by atoms with E-state index in [2.05, 4.69) is 5.32 Å². The lowest BCUT2D eigenvalue weighted by Gasteiger charge is -2.25. The molecule has 1 aliphatic heterocycles. The summed E-state index contributed by atoms with van der Waals surface area (Å²) in [6, 6.07) is 6.15. The second kappa shape index (κ2) is 6.14. The van der Waals surface area contributed by atoms with Gasteiger partial charge in [0.2, 0.25) is 5.91 Å². The summed E-state index contributed by atoms with van der Waals surface area (Å²) in [6.07, 6.45) is 2.52. The molecule has 0 aromatic heterocycles. The average Bonchev–Trinajstić information content (AvgIpc) is 3.16. The zero-order valence-electron chi connectivity index (χ0n) is 10.9. The van der Waals surface area contributed by atoms with E-state index in [0.29, 0.717) is 21.8 Å². The van der Waals surface area contributed by atoms with Crippen LogP contribution in [0.4, 0.5) is 0 Å². The summed E-state index contributed by atoms with van der Waals surface area (Å²) in [6.45, 7) is 1.57. The maximum atomic E-state index is 12.0. The Labute approximate surface area is 133 Å². The van der Waals surface area contributed by atoms with Crippen molar-refractivity contribution in [2.75, 3.05) is 18.8 Å². The molecule has 1 saturated heterocycles. The Bertz CT molecular complexity index is 522. The lowest BCUT2D eigenvalue weighted by atomic mass is 10.2.